The minimum absolute atomic E-state index is 0.0730. The molecule has 13 heavy (non-hydrogen) atoms. The summed E-state index contributed by atoms with van der Waals surface area (Å²) in [5, 5.41) is 0. The molecule has 2 heterocycles. The van der Waals surface area contributed by atoms with Crippen molar-refractivity contribution in [2.24, 2.45) is 0 Å². The van der Waals surface area contributed by atoms with E-state index in [4.69, 9.17) is 23.2 Å². The van der Waals surface area contributed by atoms with E-state index in [0.717, 1.165) is 0 Å². The number of rotatable bonds is 2. The molecule has 72 valence electrons. The van der Waals surface area contributed by atoms with Crippen molar-refractivity contribution in [3.05, 3.63) is 0 Å². The van der Waals surface area contributed by atoms with Gasteiger partial charge in [0.15, 0.2) is 0 Å². The predicted molar refractivity (Wildman–Crippen MR) is 45.6 cm³/mol. The summed E-state index contributed by atoms with van der Waals surface area (Å²) in [4.78, 5) is 0. The van der Waals surface area contributed by atoms with Gasteiger partial charge in [-0.3, -0.25) is 0 Å². The monoisotopic (exact) mass is 186 g/mol. The molecule has 0 aromatic heterocycles. The van der Waals surface area contributed by atoms with Crippen molar-refractivity contribution in [3.8, 4) is 0 Å². The maximum absolute atomic E-state index is 5.25. The van der Waals surface area contributed by atoms with E-state index in [2.05, 4.69) is 0 Å². The fourth-order valence-corrected chi connectivity index (χ4v) is 1.20. The second kappa shape index (κ2) is 3.98. The highest BCUT2D eigenvalue weighted by atomic mass is 16.8. The second-order valence-corrected chi connectivity index (χ2v) is 3.27. The van der Waals surface area contributed by atoms with Crippen molar-refractivity contribution in [2.45, 2.75) is 26.1 Å². The second-order valence-electron chi connectivity index (χ2n) is 3.27. The van der Waals surface area contributed by atoms with Gasteiger partial charge in [-0.2, -0.15) is 0 Å². The first kappa shape index (κ1) is 9.48. The average Bonchev–Trinajstić information content (AvgIpc) is 2.62. The molecular formula is C6H12B2O5. The molecule has 5 nitrogen and oxygen atoms in total. The van der Waals surface area contributed by atoms with Gasteiger partial charge in [0, 0.05) is 0 Å². The average molecular weight is 186 g/mol. The summed E-state index contributed by atoms with van der Waals surface area (Å²) in [6, 6.07) is 0. The first-order valence-corrected chi connectivity index (χ1v) is 4.43. The quantitative estimate of drug-likeness (QED) is 0.560. The van der Waals surface area contributed by atoms with Gasteiger partial charge in [0.1, 0.15) is 0 Å². The SMILES string of the molecule is CC1COB(OB2OCC(C)O2)O1. The van der Waals surface area contributed by atoms with E-state index in [0.29, 0.717) is 13.2 Å². The zero-order valence-electron chi connectivity index (χ0n) is 7.76. The van der Waals surface area contributed by atoms with Gasteiger partial charge < -0.3 is 23.2 Å². The minimum Gasteiger partial charge on any atom is -0.399 e. The smallest absolute Gasteiger partial charge is 0.399 e. The van der Waals surface area contributed by atoms with Crippen molar-refractivity contribution < 1.29 is 23.2 Å². The van der Waals surface area contributed by atoms with E-state index < -0.39 is 14.6 Å². The maximum Gasteiger partial charge on any atom is 0.627 e. The molecule has 0 saturated carbocycles. The minimum atomic E-state index is -0.648. The molecule has 2 fully saturated rings. The molecule has 2 atom stereocenters. The van der Waals surface area contributed by atoms with Crippen molar-refractivity contribution in [2.75, 3.05) is 13.2 Å². The van der Waals surface area contributed by atoms with Gasteiger partial charge in [0.2, 0.25) is 0 Å². The highest BCUT2D eigenvalue weighted by Gasteiger charge is 2.41. The van der Waals surface area contributed by atoms with Crippen LogP contribution < -0.4 is 0 Å². The molecule has 0 radical (unpaired) electrons. The van der Waals surface area contributed by atoms with Crippen LogP contribution in [-0.2, 0) is 23.2 Å². The van der Waals surface area contributed by atoms with Gasteiger partial charge in [0.25, 0.3) is 0 Å². The van der Waals surface area contributed by atoms with Crippen LogP contribution in [0.4, 0.5) is 0 Å². The fraction of sp³-hybridized carbons (Fsp3) is 1.00. The standard InChI is InChI=1S/C6H12B2O5/c1-5-3-9-7(11-5)13-8-10-4-6(2)12-8/h5-6H,3-4H2,1-2H3. The summed E-state index contributed by atoms with van der Waals surface area (Å²) in [6.45, 7) is 4.94. The van der Waals surface area contributed by atoms with E-state index in [-0.39, 0.29) is 12.2 Å². The lowest BCUT2D eigenvalue weighted by molar-refractivity contribution is 0.178. The van der Waals surface area contributed by atoms with Gasteiger partial charge in [-0.1, -0.05) is 0 Å². The van der Waals surface area contributed by atoms with E-state index in [1.807, 2.05) is 13.8 Å². The van der Waals surface area contributed by atoms with Crippen LogP contribution in [0, 0.1) is 0 Å². The Kier molecular flexibility index (Phi) is 2.90. The van der Waals surface area contributed by atoms with Crippen LogP contribution in [-0.4, -0.2) is 40.1 Å². The Hall–Kier alpha value is -0.0701. The predicted octanol–water partition coefficient (Wildman–Crippen LogP) is -0.157. The Labute approximate surface area is 78.0 Å². The van der Waals surface area contributed by atoms with E-state index in [1.165, 1.54) is 0 Å². The van der Waals surface area contributed by atoms with Gasteiger partial charge in [-0.05, 0) is 13.8 Å². The first-order chi connectivity index (χ1) is 6.24. The summed E-state index contributed by atoms with van der Waals surface area (Å²) in [7, 11) is -1.30. The molecule has 0 aliphatic carbocycles. The number of hydrogen-bond donors (Lipinski definition) is 0. The van der Waals surface area contributed by atoms with Crippen LogP contribution in [0.15, 0.2) is 0 Å². The Morgan fingerprint density at radius 1 is 1.00 bits per heavy atom. The summed E-state index contributed by atoms with van der Waals surface area (Å²) >= 11 is 0. The molecule has 2 aliphatic heterocycles. The summed E-state index contributed by atoms with van der Waals surface area (Å²) in [5.41, 5.74) is 0. The van der Waals surface area contributed by atoms with E-state index >= 15 is 0 Å². The Bertz CT molecular complexity index is 162. The lowest BCUT2D eigenvalue weighted by Crippen LogP contribution is -2.32. The van der Waals surface area contributed by atoms with Gasteiger partial charge in [-0.25, -0.2) is 0 Å². The van der Waals surface area contributed by atoms with Crippen LogP contribution in [0.1, 0.15) is 13.8 Å². The third kappa shape index (κ3) is 2.45. The van der Waals surface area contributed by atoms with Gasteiger partial charge in [-0.15, -0.1) is 0 Å². The Balaban J connectivity index is 1.72. The van der Waals surface area contributed by atoms with Crippen molar-refractivity contribution in [1.29, 1.82) is 0 Å². The zero-order valence-corrected chi connectivity index (χ0v) is 7.76. The fourth-order valence-electron chi connectivity index (χ4n) is 1.20. The summed E-state index contributed by atoms with van der Waals surface area (Å²) < 4.78 is 26.0. The molecule has 0 aromatic carbocycles. The normalized spacial score (nSPS) is 34.6. The molecule has 2 unspecified atom stereocenters. The Morgan fingerprint density at radius 2 is 1.46 bits per heavy atom. The lowest BCUT2D eigenvalue weighted by atomic mass is 10.1. The molecule has 2 saturated heterocycles. The van der Waals surface area contributed by atoms with Gasteiger partial charge >= 0.3 is 14.6 Å². The van der Waals surface area contributed by atoms with E-state index in [9.17, 15) is 0 Å². The van der Waals surface area contributed by atoms with Gasteiger partial charge in [0.05, 0.1) is 25.4 Å². The molecule has 0 bridgehead atoms. The van der Waals surface area contributed by atoms with E-state index in [1.54, 1.807) is 0 Å². The molecule has 7 heteroatoms. The molecule has 2 rings (SSSR count). The van der Waals surface area contributed by atoms with Crippen molar-refractivity contribution >= 4 is 14.6 Å². The highest BCUT2D eigenvalue weighted by Crippen LogP contribution is 2.14. The van der Waals surface area contributed by atoms with Crippen molar-refractivity contribution in [1.82, 2.24) is 0 Å². The lowest BCUT2D eigenvalue weighted by Gasteiger charge is -2.07. The largest absolute Gasteiger partial charge is 0.627 e. The molecule has 0 amide bonds. The van der Waals surface area contributed by atoms with Crippen LogP contribution in [0.2, 0.25) is 0 Å². The Morgan fingerprint density at radius 3 is 1.77 bits per heavy atom. The topological polar surface area (TPSA) is 46.2 Å². The van der Waals surface area contributed by atoms with Crippen LogP contribution >= 0.6 is 0 Å². The maximum atomic E-state index is 5.25. The summed E-state index contributed by atoms with van der Waals surface area (Å²) in [6.07, 6.45) is 0.146. The molecular weight excluding hydrogens is 174 g/mol. The van der Waals surface area contributed by atoms with Crippen LogP contribution in [0.25, 0.3) is 0 Å². The molecule has 0 N–H and O–H groups in total. The zero-order chi connectivity index (χ0) is 9.26. The van der Waals surface area contributed by atoms with Crippen molar-refractivity contribution in [3.63, 3.8) is 0 Å². The third-order valence-corrected chi connectivity index (χ3v) is 1.84. The first-order valence-electron chi connectivity index (χ1n) is 4.43. The van der Waals surface area contributed by atoms with Crippen LogP contribution in [0.3, 0.4) is 0 Å². The third-order valence-electron chi connectivity index (χ3n) is 1.84. The highest BCUT2D eigenvalue weighted by molar-refractivity contribution is 6.52. The molecule has 0 spiro atoms. The summed E-state index contributed by atoms with van der Waals surface area (Å²) in [5.74, 6) is 0. The molecule has 0 aromatic rings. The van der Waals surface area contributed by atoms with Crippen LogP contribution in [0.5, 0.6) is 0 Å². The number of hydrogen-bond acceptors (Lipinski definition) is 5. The molecule has 2 aliphatic rings.